The molecule has 104 valence electrons. The molecule has 5 heteroatoms. The summed E-state index contributed by atoms with van der Waals surface area (Å²) in [7, 11) is 0. The number of nitrogens with two attached hydrogens (primary N) is 1. The van der Waals surface area contributed by atoms with Gasteiger partial charge in [0.25, 0.3) is 0 Å². The minimum Gasteiger partial charge on any atom is -0.409 e. The summed E-state index contributed by atoms with van der Waals surface area (Å²) >= 11 is 0. The van der Waals surface area contributed by atoms with Crippen molar-refractivity contribution >= 4 is 5.84 Å². The number of piperidine rings is 1. The molecule has 0 aromatic carbocycles. The van der Waals surface area contributed by atoms with Crippen LogP contribution >= 0.6 is 0 Å². The number of ether oxygens (including phenoxy) is 1. The van der Waals surface area contributed by atoms with Crippen LogP contribution < -0.4 is 5.73 Å². The predicted octanol–water partition coefficient (Wildman–Crippen LogP) is 1.54. The zero-order chi connectivity index (χ0) is 13.2. The number of likely N-dealkylation sites (tertiary alicyclic amines) is 1. The van der Waals surface area contributed by atoms with E-state index >= 15 is 0 Å². The molecule has 0 radical (unpaired) electrons. The van der Waals surface area contributed by atoms with Gasteiger partial charge >= 0.3 is 0 Å². The van der Waals surface area contributed by atoms with Gasteiger partial charge in [0, 0.05) is 6.54 Å². The smallest absolute Gasteiger partial charge is 0.156 e. The number of oxime groups is 1. The highest BCUT2D eigenvalue weighted by Gasteiger charge is 2.35. The van der Waals surface area contributed by atoms with E-state index in [1.54, 1.807) is 0 Å². The normalized spacial score (nSPS) is 33.8. The molecule has 2 saturated heterocycles. The quantitative estimate of drug-likeness (QED) is 0.347. The van der Waals surface area contributed by atoms with Gasteiger partial charge in [0.2, 0.25) is 0 Å². The van der Waals surface area contributed by atoms with Crippen LogP contribution in [0.25, 0.3) is 0 Å². The number of hydrogen-bond acceptors (Lipinski definition) is 4. The summed E-state index contributed by atoms with van der Waals surface area (Å²) in [6.45, 7) is 6.19. The van der Waals surface area contributed by atoms with Gasteiger partial charge in [-0.2, -0.15) is 0 Å². The van der Waals surface area contributed by atoms with Crippen LogP contribution in [0.1, 0.15) is 46.0 Å². The first kappa shape index (κ1) is 13.6. The van der Waals surface area contributed by atoms with Crippen LogP contribution in [0, 0.1) is 0 Å². The lowest BCUT2D eigenvalue weighted by atomic mass is 10.00. The molecule has 0 aromatic heterocycles. The molecule has 5 nitrogen and oxygen atoms in total. The van der Waals surface area contributed by atoms with Crippen molar-refractivity contribution in [3.8, 4) is 0 Å². The Balaban J connectivity index is 1.94. The highest BCUT2D eigenvalue weighted by molar-refractivity contribution is 5.85. The van der Waals surface area contributed by atoms with Crippen LogP contribution in [-0.4, -0.2) is 46.8 Å². The summed E-state index contributed by atoms with van der Waals surface area (Å²) in [5, 5.41) is 12.0. The number of nitrogens with zero attached hydrogens (tertiary/aromatic N) is 2. The van der Waals surface area contributed by atoms with Gasteiger partial charge in [-0.05, 0) is 46.1 Å². The minimum atomic E-state index is 0.00651. The Hall–Kier alpha value is -0.810. The minimum absolute atomic E-state index is 0.00651. The fourth-order valence-electron chi connectivity index (χ4n) is 3.08. The Morgan fingerprint density at radius 1 is 1.44 bits per heavy atom. The summed E-state index contributed by atoms with van der Waals surface area (Å²) in [6.07, 6.45) is 5.81. The standard InChI is InChI=1S/C13H25N3O2/c1-13(2)7-6-10(18-13)9-16-8-4-3-5-11(16)12(14)15-17/h10-11,17H,3-9H2,1-2H3,(H2,14,15). The van der Waals surface area contributed by atoms with Crippen LogP contribution in [0.15, 0.2) is 5.16 Å². The molecule has 0 saturated carbocycles. The van der Waals surface area contributed by atoms with E-state index in [-0.39, 0.29) is 17.7 Å². The van der Waals surface area contributed by atoms with Gasteiger partial charge in [-0.1, -0.05) is 11.6 Å². The molecule has 0 spiro atoms. The molecular formula is C13H25N3O2. The fraction of sp³-hybridized carbons (Fsp3) is 0.923. The zero-order valence-electron chi connectivity index (χ0n) is 11.4. The Bertz CT molecular complexity index is 317. The van der Waals surface area contributed by atoms with E-state index < -0.39 is 0 Å². The lowest BCUT2D eigenvalue weighted by Crippen LogP contribution is -2.50. The molecule has 0 aromatic rings. The molecule has 0 bridgehead atoms. The summed E-state index contributed by atoms with van der Waals surface area (Å²) in [6, 6.07) is 0.0797. The molecule has 2 aliphatic rings. The highest BCUT2D eigenvalue weighted by atomic mass is 16.5. The van der Waals surface area contributed by atoms with Crippen molar-refractivity contribution in [2.24, 2.45) is 10.9 Å². The molecule has 2 atom stereocenters. The molecule has 0 amide bonds. The summed E-state index contributed by atoms with van der Waals surface area (Å²) in [5.74, 6) is 0.340. The molecule has 2 unspecified atom stereocenters. The van der Waals surface area contributed by atoms with Crippen molar-refractivity contribution in [2.75, 3.05) is 13.1 Å². The SMILES string of the molecule is CC1(C)CCC(CN2CCCCC2C(N)=NO)O1. The van der Waals surface area contributed by atoms with E-state index in [1.807, 2.05) is 0 Å². The first-order valence-electron chi connectivity index (χ1n) is 6.91. The maximum atomic E-state index is 8.85. The Morgan fingerprint density at radius 3 is 2.83 bits per heavy atom. The van der Waals surface area contributed by atoms with E-state index in [2.05, 4.69) is 23.9 Å². The third-order valence-electron chi connectivity index (χ3n) is 4.06. The number of amidine groups is 1. The van der Waals surface area contributed by atoms with Gasteiger partial charge in [-0.15, -0.1) is 0 Å². The third-order valence-corrected chi connectivity index (χ3v) is 4.06. The van der Waals surface area contributed by atoms with Gasteiger partial charge < -0.3 is 15.7 Å². The van der Waals surface area contributed by atoms with E-state index in [1.165, 1.54) is 6.42 Å². The average Bonchev–Trinajstić information content (AvgIpc) is 2.68. The van der Waals surface area contributed by atoms with Crippen LogP contribution in [0.2, 0.25) is 0 Å². The van der Waals surface area contributed by atoms with Gasteiger partial charge in [0.1, 0.15) is 0 Å². The van der Waals surface area contributed by atoms with Gasteiger partial charge in [-0.3, -0.25) is 4.90 Å². The topological polar surface area (TPSA) is 71.1 Å². The second-order valence-corrected chi connectivity index (χ2v) is 6.07. The first-order chi connectivity index (χ1) is 8.52. The largest absolute Gasteiger partial charge is 0.409 e. The molecule has 2 heterocycles. The average molecular weight is 255 g/mol. The van der Waals surface area contributed by atoms with Gasteiger partial charge in [0.15, 0.2) is 5.84 Å². The molecule has 2 rings (SSSR count). The maximum absolute atomic E-state index is 8.85. The van der Waals surface area contributed by atoms with E-state index in [0.29, 0.717) is 5.84 Å². The lowest BCUT2D eigenvalue weighted by Gasteiger charge is -2.36. The zero-order valence-corrected chi connectivity index (χ0v) is 11.4. The monoisotopic (exact) mass is 255 g/mol. The maximum Gasteiger partial charge on any atom is 0.156 e. The molecule has 18 heavy (non-hydrogen) atoms. The van der Waals surface area contributed by atoms with Gasteiger partial charge in [-0.25, -0.2) is 0 Å². The molecule has 0 aliphatic carbocycles. The van der Waals surface area contributed by atoms with E-state index in [0.717, 1.165) is 38.8 Å². The van der Waals surface area contributed by atoms with Crippen molar-refractivity contribution in [3.63, 3.8) is 0 Å². The highest BCUT2D eigenvalue weighted by Crippen LogP contribution is 2.30. The second kappa shape index (κ2) is 5.45. The second-order valence-electron chi connectivity index (χ2n) is 6.07. The summed E-state index contributed by atoms with van der Waals surface area (Å²) in [5.41, 5.74) is 5.79. The van der Waals surface area contributed by atoms with Crippen LogP contribution in [0.3, 0.4) is 0 Å². The van der Waals surface area contributed by atoms with Crippen molar-refractivity contribution < 1.29 is 9.94 Å². The van der Waals surface area contributed by atoms with Crippen LogP contribution in [-0.2, 0) is 4.74 Å². The first-order valence-corrected chi connectivity index (χ1v) is 6.91. The number of hydrogen-bond donors (Lipinski definition) is 2. The van der Waals surface area contributed by atoms with E-state index in [4.69, 9.17) is 15.7 Å². The Labute approximate surface area is 109 Å². The Kier molecular flexibility index (Phi) is 4.12. The predicted molar refractivity (Wildman–Crippen MR) is 70.8 cm³/mol. The third kappa shape index (κ3) is 3.14. The number of rotatable bonds is 3. The van der Waals surface area contributed by atoms with Crippen LogP contribution in [0.5, 0.6) is 0 Å². The van der Waals surface area contributed by atoms with Crippen LogP contribution in [0.4, 0.5) is 0 Å². The van der Waals surface area contributed by atoms with Crippen molar-refractivity contribution in [2.45, 2.75) is 63.7 Å². The molecule has 2 aliphatic heterocycles. The molecular weight excluding hydrogens is 230 g/mol. The van der Waals surface area contributed by atoms with Crippen molar-refractivity contribution in [1.82, 2.24) is 4.90 Å². The Morgan fingerprint density at radius 2 is 2.22 bits per heavy atom. The summed E-state index contributed by atoms with van der Waals surface area (Å²) < 4.78 is 6.03. The fourth-order valence-corrected chi connectivity index (χ4v) is 3.08. The van der Waals surface area contributed by atoms with E-state index in [9.17, 15) is 0 Å². The van der Waals surface area contributed by atoms with Crippen molar-refractivity contribution in [1.29, 1.82) is 0 Å². The van der Waals surface area contributed by atoms with Gasteiger partial charge in [0.05, 0.1) is 17.7 Å². The van der Waals surface area contributed by atoms with Crippen molar-refractivity contribution in [3.05, 3.63) is 0 Å². The molecule has 3 N–H and O–H groups in total. The molecule has 2 fully saturated rings. The lowest BCUT2D eigenvalue weighted by molar-refractivity contribution is -0.0334. The summed E-state index contributed by atoms with van der Waals surface area (Å²) in [4.78, 5) is 2.31.